The lowest BCUT2D eigenvalue weighted by molar-refractivity contribution is -0.136. The molecule has 0 spiro atoms. The van der Waals surface area contributed by atoms with Gasteiger partial charge in [0.2, 0.25) is 0 Å². The monoisotopic (exact) mass is 619 g/mol. The summed E-state index contributed by atoms with van der Waals surface area (Å²) in [5, 5.41) is 17.9. The van der Waals surface area contributed by atoms with Crippen LogP contribution < -0.4 is 0 Å². The summed E-state index contributed by atoms with van der Waals surface area (Å²) in [4.78, 5) is 15.9. The van der Waals surface area contributed by atoms with E-state index < -0.39 is 5.60 Å². The third-order valence-corrected chi connectivity index (χ3v) is 9.08. The van der Waals surface area contributed by atoms with Gasteiger partial charge in [0, 0.05) is 23.5 Å². The maximum Gasteiger partial charge on any atom is 0.257 e. The highest BCUT2D eigenvalue weighted by Crippen LogP contribution is 2.44. The number of allylic oxidation sites excluding steroid dienone is 1. The zero-order valence-corrected chi connectivity index (χ0v) is 24.2. The molecule has 1 amide bonds. The van der Waals surface area contributed by atoms with Crippen molar-refractivity contribution in [3.05, 3.63) is 111 Å². The van der Waals surface area contributed by atoms with Crippen LogP contribution in [0.15, 0.2) is 87.9 Å². The Hall–Kier alpha value is -3.20. The van der Waals surface area contributed by atoms with E-state index in [1.165, 1.54) is 24.3 Å². The smallest absolute Gasteiger partial charge is 0.257 e. The molecule has 3 aliphatic rings. The van der Waals surface area contributed by atoms with Crippen molar-refractivity contribution >= 4 is 33.6 Å². The first-order chi connectivity index (χ1) is 19.8. The third kappa shape index (κ3) is 5.92. The number of carbonyl (C=O) groups excluding carboxylic acids is 1. The number of likely N-dealkylation sites (tertiary alicyclic amines) is 1. The van der Waals surface area contributed by atoms with Gasteiger partial charge in [0.25, 0.3) is 5.91 Å². The van der Waals surface area contributed by atoms with Crippen LogP contribution >= 0.6 is 15.9 Å². The van der Waals surface area contributed by atoms with E-state index in [2.05, 4.69) is 20.8 Å². The van der Waals surface area contributed by atoms with Gasteiger partial charge in [0.1, 0.15) is 11.6 Å². The highest BCUT2D eigenvalue weighted by molar-refractivity contribution is 9.10. The van der Waals surface area contributed by atoms with Crippen LogP contribution in [0.3, 0.4) is 0 Å². The normalized spacial score (nSPS) is 23.4. The molecule has 2 heterocycles. The number of piperidine rings is 1. The van der Waals surface area contributed by atoms with Gasteiger partial charge in [0.05, 0.1) is 23.9 Å². The van der Waals surface area contributed by atoms with Gasteiger partial charge < -0.3 is 5.11 Å². The third-order valence-electron chi connectivity index (χ3n) is 8.58. The van der Waals surface area contributed by atoms with Crippen molar-refractivity contribution in [3.8, 4) is 0 Å². The fraction of sp³-hybridized carbons (Fsp3) is 0.333. The van der Waals surface area contributed by atoms with Crippen molar-refractivity contribution in [2.24, 2.45) is 11.0 Å². The predicted molar refractivity (Wildman–Crippen MR) is 159 cm³/mol. The minimum Gasteiger partial charge on any atom is -0.385 e. The number of hydrogen-bond donors (Lipinski definition) is 1. The Morgan fingerprint density at radius 3 is 2.39 bits per heavy atom. The molecule has 0 radical (unpaired) electrons. The molecule has 212 valence electrons. The zero-order chi connectivity index (χ0) is 28.6. The van der Waals surface area contributed by atoms with Gasteiger partial charge in [-0.2, -0.15) is 5.10 Å². The van der Waals surface area contributed by atoms with Crippen LogP contribution in [0, 0.1) is 17.6 Å². The van der Waals surface area contributed by atoms with Gasteiger partial charge in [-0.25, -0.2) is 13.8 Å². The zero-order valence-electron chi connectivity index (χ0n) is 22.6. The Bertz CT molecular complexity index is 1480. The molecule has 1 aliphatic carbocycles. The van der Waals surface area contributed by atoms with E-state index in [1.807, 2.05) is 30.3 Å². The lowest BCUT2D eigenvalue weighted by Crippen LogP contribution is -2.46. The van der Waals surface area contributed by atoms with Crippen LogP contribution in [-0.2, 0) is 10.4 Å². The number of rotatable bonds is 5. The fourth-order valence-corrected chi connectivity index (χ4v) is 6.77. The van der Waals surface area contributed by atoms with E-state index in [0.29, 0.717) is 25.9 Å². The highest BCUT2D eigenvalue weighted by Gasteiger charge is 2.44. The van der Waals surface area contributed by atoms with E-state index >= 15 is 0 Å². The van der Waals surface area contributed by atoms with Gasteiger partial charge in [-0.05, 0) is 96.8 Å². The topological polar surface area (TPSA) is 56.1 Å². The highest BCUT2D eigenvalue weighted by atomic mass is 79.9. The summed E-state index contributed by atoms with van der Waals surface area (Å²) < 4.78 is 28.3. The Kier molecular flexibility index (Phi) is 7.90. The number of amides is 1. The van der Waals surface area contributed by atoms with E-state index in [4.69, 9.17) is 5.10 Å². The van der Waals surface area contributed by atoms with Crippen LogP contribution in [0.5, 0.6) is 0 Å². The minimum atomic E-state index is -0.928. The van der Waals surface area contributed by atoms with Gasteiger partial charge in [-0.1, -0.05) is 52.3 Å². The molecule has 41 heavy (non-hydrogen) atoms. The number of carbonyl (C=O) groups is 1. The molecule has 5 nitrogen and oxygen atoms in total. The summed E-state index contributed by atoms with van der Waals surface area (Å²) in [7, 11) is 0. The average Bonchev–Trinajstić information content (AvgIpc) is 3.37. The largest absolute Gasteiger partial charge is 0.385 e. The molecule has 3 aromatic rings. The molecule has 3 aromatic carbocycles. The van der Waals surface area contributed by atoms with E-state index in [-0.39, 0.29) is 36.0 Å². The van der Waals surface area contributed by atoms with Crippen molar-refractivity contribution in [1.82, 2.24) is 9.91 Å². The second kappa shape index (κ2) is 11.6. The summed E-state index contributed by atoms with van der Waals surface area (Å²) in [6.45, 7) is 1.35. The van der Waals surface area contributed by atoms with Crippen LogP contribution in [0.4, 0.5) is 8.78 Å². The molecule has 2 unspecified atom stereocenters. The Morgan fingerprint density at radius 2 is 1.71 bits per heavy atom. The Balaban J connectivity index is 1.24. The van der Waals surface area contributed by atoms with E-state index in [1.54, 1.807) is 29.3 Å². The van der Waals surface area contributed by atoms with Gasteiger partial charge in [-0.15, -0.1) is 0 Å². The second-order valence-corrected chi connectivity index (χ2v) is 12.2. The molecular formula is C33H32BrF2N3O2. The summed E-state index contributed by atoms with van der Waals surface area (Å²) in [6.07, 6.45) is 5.73. The lowest BCUT2D eigenvalue weighted by Gasteiger charge is -2.39. The number of halogens is 3. The van der Waals surface area contributed by atoms with Gasteiger partial charge in [-0.3, -0.25) is 9.69 Å². The van der Waals surface area contributed by atoms with E-state index in [0.717, 1.165) is 51.7 Å². The van der Waals surface area contributed by atoms with Crippen LogP contribution in [-0.4, -0.2) is 46.3 Å². The predicted octanol–water partition coefficient (Wildman–Crippen LogP) is 6.83. The first-order valence-corrected chi connectivity index (χ1v) is 14.9. The summed E-state index contributed by atoms with van der Waals surface area (Å²) >= 11 is 3.49. The maximum atomic E-state index is 13.9. The molecule has 0 aromatic heterocycles. The molecule has 2 fully saturated rings. The second-order valence-electron chi connectivity index (χ2n) is 11.3. The first-order valence-electron chi connectivity index (χ1n) is 14.1. The fourth-order valence-electron chi connectivity index (χ4n) is 6.37. The van der Waals surface area contributed by atoms with Crippen molar-refractivity contribution in [2.75, 3.05) is 19.6 Å². The van der Waals surface area contributed by atoms with Crippen molar-refractivity contribution in [1.29, 1.82) is 0 Å². The summed E-state index contributed by atoms with van der Waals surface area (Å²) in [6, 6.07) is 20.2. The molecule has 6 rings (SSSR count). The molecule has 1 saturated heterocycles. The first kappa shape index (κ1) is 27.9. The quantitative estimate of drug-likeness (QED) is 0.340. The van der Waals surface area contributed by atoms with Crippen molar-refractivity contribution < 1.29 is 18.7 Å². The SMILES string of the molecule is O=C(CN1CCC(O)(c2cccc(Br)c2)CC1)N1N=C2/C(=C\c3ccc(F)cc3)CCCC2C1c1ccc(F)cc1. The van der Waals surface area contributed by atoms with Crippen LogP contribution in [0.25, 0.3) is 6.08 Å². The Labute approximate surface area is 247 Å². The van der Waals surface area contributed by atoms with E-state index in [9.17, 15) is 18.7 Å². The van der Waals surface area contributed by atoms with Crippen LogP contribution in [0.1, 0.15) is 54.8 Å². The van der Waals surface area contributed by atoms with Crippen molar-refractivity contribution in [3.63, 3.8) is 0 Å². The maximum absolute atomic E-state index is 13.9. The Morgan fingerprint density at radius 1 is 1.02 bits per heavy atom. The average molecular weight is 621 g/mol. The number of benzene rings is 3. The van der Waals surface area contributed by atoms with Gasteiger partial charge in [0.15, 0.2) is 0 Å². The molecular weight excluding hydrogens is 588 g/mol. The number of hydrogen-bond acceptors (Lipinski definition) is 4. The number of fused-ring (bicyclic) bond motifs is 1. The molecule has 1 N–H and O–H groups in total. The standard InChI is InChI=1S/C33H32BrF2N3O2/c34-26-5-2-4-25(20-26)33(41)15-17-38(18-16-33)21-30(40)39-32(23-9-13-28(36)14-10-23)29-6-1-3-24(31(29)37-39)19-22-7-11-27(35)12-8-22/h2,4-5,7-14,19-20,29,32,41H,1,3,6,15-18,21H2/b24-19-. The van der Waals surface area contributed by atoms with Crippen LogP contribution in [0.2, 0.25) is 0 Å². The summed E-state index contributed by atoms with van der Waals surface area (Å²) in [5.41, 5.74) is 3.62. The molecule has 0 bridgehead atoms. The molecule has 2 atom stereocenters. The number of nitrogens with zero attached hydrogens (tertiary/aromatic N) is 3. The summed E-state index contributed by atoms with van der Waals surface area (Å²) in [5.74, 6) is -0.728. The molecule has 8 heteroatoms. The van der Waals surface area contributed by atoms with Gasteiger partial charge >= 0.3 is 0 Å². The molecule has 1 saturated carbocycles. The number of aliphatic hydroxyl groups is 1. The molecule has 2 aliphatic heterocycles. The minimum absolute atomic E-state index is 0.00663. The lowest BCUT2D eigenvalue weighted by atomic mass is 9.77. The van der Waals surface area contributed by atoms with Crippen molar-refractivity contribution in [2.45, 2.75) is 43.7 Å². The number of hydrazone groups is 1.